The Morgan fingerprint density at radius 2 is 1.63 bits per heavy atom. The van der Waals surface area contributed by atoms with Crippen LogP contribution in [0.25, 0.3) is 0 Å². The molecule has 0 unspecified atom stereocenters. The molecule has 2 aromatic rings. The van der Waals surface area contributed by atoms with Crippen LogP contribution in [0.2, 0.25) is 0 Å². The molecule has 2 rings (SSSR count). The zero-order valence-electron chi connectivity index (χ0n) is 15.5. The molecule has 0 spiro atoms. The normalized spacial score (nSPS) is 10.1. The first kappa shape index (κ1) is 20.2. The van der Waals surface area contributed by atoms with E-state index >= 15 is 0 Å². The van der Waals surface area contributed by atoms with E-state index in [2.05, 4.69) is 13.5 Å². The summed E-state index contributed by atoms with van der Waals surface area (Å²) in [6, 6.07) is 13.5. The molecule has 2 aromatic carbocycles. The van der Waals surface area contributed by atoms with Crippen molar-refractivity contribution in [3.63, 3.8) is 0 Å². The molecule has 0 N–H and O–H groups in total. The Morgan fingerprint density at radius 3 is 2.30 bits per heavy atom. The molecular weight excluding hydrogens is 344 g/mol. The number of hydrogen-bond acceptors (Lipinski definition) is 5. The Balaban J connectivity index is 2.20. The Labute approximate surface area is 159 Å². The highest BCUT2D eigenvalue weighted by Crippen LogP contribution is 2.38. The summed E-state index contributed by atoms with van der Waals surface area (Å²) >= 11 is 0. The molecule has 0 fully saturated rings. The standard InChI is InChI=1S/C22H24O5/c1-3-5-6-10-16-25-21-18(26-20(23)4-2)14-11-15-19(21)27-22(24)17-12-8-7-9-13-17/h4,7-9,11-15H,2-3,5-6,10,16H2,1H3. The maximum absolute atomic E-state index is 12.4. The van der Waals surface area contributed by atoms with Crippen LogP contribution >= 0.6 is 0 Å². The minimum Gasteiger partial charge on any atom is -0.486 e. The van der Waals surface area contributed by atoms with Crippen molar-refractivity contribution >= 4 is 11.9 Å². The minimum atomic E-state index is -0.614. The van der Waals surface area contributed by atoms with E-state index in [1.807, 2.05) is 6.07 Å². The number of ether oxygens (including phenoxy) is 3. The van der Waals surface area contributed by atoms with Gasteiger partial charge in [-0.25, -0.2) is 9.59 Å². The molecule has 0 saturated carbocycles. The topological polar surface area (TPSA) is 61.8 Å². The molecule has 0 aliphatic carbocycles. The SMILES string of the molecule is C=CC(=O)Oc1cccc(OC(=O)c2ccccc2)c1OCCCCCC. The van der Waals surface area contributed by atoms with Gasteiger partial charge in [0.2, 0.25) is 5.75 Å². The zero-order valence-corrected chi connectivity index (χ0v) is 15.5. The fraction of sp³-hybridized carbons (Fsp3) is 0.273. The summed E-state index contributed by atoms with van der Waals surface area (Å²) in [6.07, 6.45) is 5.18. The summed E-state index contributed by atoms with van der Waals surface area (Å²) in [5.41, 5.74) is 0.417. The van der Waals surface area contributed by atoms with Gasteiger partial charge in [0.25, 0.3) is 0 Å². The predicted octanol–water partition coefficient (Wildman–Crippen LogP) is 4.96. The van der Waals surface area contributed by atoms with Gasteiger partial charge in [0.15, 0.2) is 11.5 Å². The lowest BCUT2D eigenvalue weighted by Gasteiger charge is -2.15. The quantitative estimate of drug-likeness (QED) is 0.257. The van der Waals surface area contributed by atoms with Gasteiger partial charge in [0.05, 0.1) is 12.2 Å². The average Bonchev–Trinajstić information content (AvgIpc) is 2.70. The summed E-state index contributed by atoms with van der Waals surface area (Å²) in [4.78, 5) is 24.0. The first-order valence-electron chi connectivity index (χ1n) is 9.03. The van der Waals surface area contributed by atoms with Crippen molar-refractivity contribution in [1.29, 1.82) is 0 Å². The van der Waals surface area contributed by atoms with Gasteiger partial charge in [-0.15, -0.1) is 0 Å². The number of carbonyl (C=O) groups is 2. The van der Waals surface area contributed by atoms with Crippen LogP contribution < -0.4 is 14.2 Å². The third kappa shape index (κ3) is 6.29. The third-order valence-corrected chi connectivity index (χ3v) is 3.78. The van der Waals surface area contributed by atoms with Crippen molar-refractivity contribution in [2.45, 2.75) is 32.6 Å². The van der Waals surface area contributed by atoms with E-state index in [0.717, 1.165) is 31.8 Å². The highest BCUT2D eigenvalue weighted by molar-refractivity contribution is 5.91. The van der Waals surface area contributed by atoms with Crippen LogP contribution in [0.5, 0.6) is 17.2 Å². The van der Waals surface area contributed by atoms with E-state index in [1.165, 1.54) is 0 Å². The van der Waals surface area contributed by atoms with Crippen LogP contribution in [0.4, 0.5) is 0 Å². The maximum Gasteiger partial charge on any atom is 0.343 e. The Hall–Kier alpha value is -3.08. The summed E-state index contributed by atoms with van der Waals surface area (Å²) in [6.45, 7) is 5.95. The number of benzene rings is 2. The second-order valence-electron chi connectivity index (χ2n) is 5.87. The molecule has 0 atom stereocenters. The van der Waals surface area contributed by atoms with E-state index in [1.54, 1.807) is 42.5 Å². The monoisotopic (exact) mass is 368 g/mol. The van der Waals surface area contributed by atoms with E-state index in [-0.39, 0.29) is 17.2 Å². The summed E-state index contributed by atoms with van der Waals surface area (Å²) in [7, 11) is 0. The molecule has 5 heteroatoms. The van der Waals surface area contributed by atoms with Crippen molar-refractivity contribution < 1.29 is 23.8 Å². The van der Waals surface area contributed by atoms with Crippen molar-refractivity contribution in [3.8, 4) is 17.2 Å². The Kier molecular flexibility index (Phi) is 8.10. The second-order valence-corrected chi connectivity index (χ2v) is 5.87. The molecule has 142 valence electrons. The number of esters is 2. The number of hydrogen-bond donors (Lipinski definition) is 0. The van der Waals surface area contributed by atoms with Gasteiger partial charge in [-0.1, -0.05) is 57.0 Å². The van der Waals surface area contributed by atoms with Crippen LogP contribution in [-0.4, -0.2) is 18.5 Å². The molecule has 27 heavy (non-hydrogen) atoms. The fourth-order valence-electron chi connectivity index (χ4n) is 2.38. The first-order chi connectivity index (χ1) is 13.2. The fourth-order valence-corrected chi connectivity index (χ4v) is 2.38. The molecule has 0 saturated heterocycles. The number of rotatable bonds is 10. The highest BCUT2D eigenvalue weighted by atomic mass is 16.6. The van der Waals surface area contributed by atoms with Gasteiger partial charge < -0.3 is 14.2 Å². The molecule has 0 bridgehead atoms. The second kappa shape index (κ2) is 10.8. The molecule has 0 aliphatic rings. The Bertz CT molecular complexity index is 768. The number of carbonyl (C=O) groups excluding carboxylic acids is 2. The van der Waals surface area contributed by atoms with Crippen molar-refractivity contribution in [2.24, 2.45) is 0 Å². The van der Waals surface area contributed by atoms with Crippen LogP contribution in [0.1, 0.15) is 43.0 Å². The number of unbranched alkanes of at least 4 members (excludes halogenated alkanes) is 3. The third-order valence-electron chi connectivity index (χ3n) is 3.78. The lowest BCUT2D eigenvalue weighted by molar-refractivity contribution is -0.129. The van der Waals surface area contributed by atoms with E-state index in [0.29, 0.717) is 12.2 Å². The minimum absolute atomic E-state index is 0.189. The summed E-state index contributed by atoms with van der Waals surface area (Å²) < 4.78 is 16.5. The largest absolute Gasteiger partial charge is 0.486 e. The zero-order chi connectivity index (χ0) is 19.5. The predicted molar refractivity (Wildman–Crippen MR) is 103 cm³/mol. The summed E-state index contributed by atoms with van der Waals surface area (Å²) in [5.74, 6) is -0.507. The molecule has 0 radical (unpaired) electrons. The molecule has 0 aliphatic heterocycles. The molecular formula is C22H24O5. The smallest absolute Gasteiger partial charge is 0.343 e. The van der Waals surface area contributed by atoms with Crippen LogP contribution in [0.15, 0.2) is 61.2 Å². The molecule has 0 amide bonds. The van der Waals surface area contributed by atoms with Gasteiger partial charge >= 0.3 is 11.9 Å². The van der Waals surface area contributed by atoms with E-state index < -0.39 is 11.9 Å². The van der Waals surface area contributed by atoms with E-state index in [9.17, 15) is 9.59 Å². The van der Waals surface area contributed by atoms with Gasteiger partial charge in [-0.2, -0.15) is 0 Å². The first-order valence-corrected chi connectivity index (χ1v) is 9.03. The van der Waals surface area contributed by atoms with Crippen molar-refractivity contribution in [2.75, 3.05) is 6.61 Å². The summed E-state index contributed by atoms with van der Waals surface area (Å²) in [5, 5.41) is 0. The van der Waals surface area contributed by atoms with Gasteiger partial charge in [-0.3, -0.25) is 0 Å². The van der Waals surface area contributed by atoms with Crippen LogP contribution in [0.3, 0.4) is 0 Å². The molecule has 5 nitrogen and oxygen atoms in total. The average molecular weight is 368 g/mol. The van der Waals surface area contributed by atoms with E-state index in [4.69, 9.17) is 14.2 Å². The molecule has 0 heterocycles. The molecule has 0 aromatic heterocycles. The lowest BCUT2D eigenvalue weighted by Crippen LogP contribution is -2.11. The lowest BCUT2D eigenvalue weighted by atomic mass is 10.2. The van der Waals surface area contributed by atoms with Crippen LogP contribution in [0, 0.1) is 0 Å². The van der Waals surface area contributed by atoms with Crippen molar-refractivity contribution in [3.05, 3.63) is 66.7 Å². The van der Waals surface area contributed by atoms with Gasteiger partial charge in [-0.05, 0) is 30.7 Å². The van der Waals surface area contributed by atoms with Gasteiger partial charge in [0.1, 0.15) is 0 Å². The highest BCUT2D eigenvalue weighted by Gasteiger charge is 2.18. The number of para-hydroxylation sites is 1. The van der Waals surface area contributed by atoms with Crippen LogP contribution in [-0.2, 0) is 4.79 Å². The Morgan fingerprint density at radius 1 is 0.926 bits per heavy atom. The van der Waals surface area contributed by atoms with Crippen molar-refractivity contribution in [1.82, 2.24) is 0 Å². The van der Waals surface area contributed by atoms with Gasteiger partial charge in [0, 0.05) is 6.08 Å². The maximum atomic E-state index is 12.4.